The standard InChI is InChI=1S/C18H19Cl2NO2/c1-12(2)23-11-15-6-4-3-5-14(15)10-21-18(22)13-7-8-16(19)17(20)9-13/h3-9,12H,10-11H2,1-2H3,(H,21,22). The fourth-order valence-corrected chi connectivity index (χ4v) is 2.34. The Hall–Kier alpha value is -1.55. The van der Waals surface area contributed by atoms with Crippen molar-refractivity contribution in [1.82, 2.24) is 5.32 Å². The molecule has 0 fully saturated rings. The Labute approximate surface area is 146 Å². The lowest BCUT2D eigenvalue weighted by molar-refractivity contribution is 0.0651. The van der Waals surface area contributed by atoms with Crippen LogP contribution in [0.1, 0.15) is 35.3 Å². The predicted molar refractivity (Wildman–Crippen MR) is 94.0 cm³/mol. The van der Waals surface area contributed by atoms with E-state index in [1.165, 1.54) is 0 Å². The Morgan fingerprint density at radius 2 is 1.78 bits per heavy atom. The third-order valence-corrected chi connectivity index (χ3v) is 4.05. The van der Waals surface area contributed by atoms with Crippen molar-refractivity contribution in [2.75, 3.05) is 0 Å². The molecule has 0 radical (unpaired) electrons. The van der Waals surface area contributed by atoms with Gasteiger partial charge in [0.2, 0.25) is 0 Å². The molecule has 23 heavy (non-hydrogen) atoms. The summed E-state index contributed by atoms with van der Waals surface area (Å²) in [6.45, 7) is 4.94. The van der Waals surface area contributed by atoms with Crippen LogP contribution in [-0.2, 0) is 17.9 Å². The molecule has 0 heterocycles. The molecule has 2 rings (SSSR count). The van der Waals surface area contributed by atoms with Crippen molar-refractivity contribution in [3.8, 4) is 0 Å². The van der Waals surface area contributed by atoms with Crippen LogP contribution in [0.15, 0.2) is 42.5 Å². The van der Waals surface area contributed by atoms with E-state index >= 15 is 0 Å². The average molecular weight is 352 g/mol. The molecule has 0 bridgehead atoms. The van der Waals surface area contributed by atoms with Gasteiger partial charge in [-0.05, 0) is 43.2 Å². The Morgan fingerprint density at radius 3 is 2.43 bits per heavy atom. The second-order valence-electron chi connectivity index (χ2n) is 5.44. The van der Waals surface area contributed by atoms with Gasteiger partial charge in [0.1, 0.15) is 0 Å². The Balaban J connectivity index is 2.02. The third kappa shape index (κ3) is 5.24. The number of amides is 1. The summed E-state index contributed by atoms with van der Waals surface area (Å²) in [5.41, 5.74) is 2.58. The van der Waals surface area contributed by atoms with Crippen molar-refractivity contribution in [3.63, 3.8) is 0 Å². The molecule has 0 aliphatic heterocycles. The van der Waals surface area contributed by atoms with Crippen LogP contribution in [0.4, 0.5) is 0 Å². The summed E-state index contributed by atoms with van der Waals surface area (Å²) >= 11 is 11.8. The second kappa shape index (κ2) is 8.34. The lowest BCUT2D eigenvalue weighted by atomic mass is 10.1. The molecule has 0 aromatic heterocycles. The molecule has 1 amide bonds. The molecule has 5 heteroatoms. The topological polar surface area (TPSA) is 38.3 Å². The van der Waals surface area contributed by atoms with Gasteiger partial charge in [-0.2, -0.15) is 0 Å². The monoisotopic (exact) mass is 351 g/mol. The zero-order valence-electron chi connectivity index (χ0n) is 13.1. The van der Waals surface area contributed by atoms with Crippen molar-refractivity contribution in [2.24, 2.45) is 0 Å². The van der Waals surface area contributed by atoms with Gasteiger partial charge in [0.05, 0.1) is 22.8 Å². The smallest absolute Gasteiger partial charge is 0.251 e. The largest absolute Gasteiger partial charge is 0.374 e. The van der Waals surface area contributed by atoms with Gasteiger partial charge < -0.3 is 10.1 Å². The van der Waals surface area contributed by atoms with Crippen LogP contribution in [-0.4, -0.2) is 12.0 Å². The first-order chi connectivity index (χ1) is 11.0. The number of hydrogen-bond acceptors (Lipinski definition) is 2. The summed E-state index contributed by atoms with van der Waals surface area (Å²) in [6.07, 6.45) is 0.161. The van der Waals surface area contributed by atoms with Crippen LogP contribution in [0.25, 0.3) is 0 Å². The maximum Gasteiger partial charge on any atom is 0.251 e. The highest BCUT2D eigenvalue weighted by molar-refractivity contribution is 6.42. The first kappa shape index (κ1) is 17.8. The van der Waals surface area contributed by atoms with E-state index in [4.69, 9.17) is 27.9 Å². The van der Waals surface area contributed by atoms with Crippen LogP contribution >= 0.6 is 23.2 Å². The highest BCUT2D eigenvalue weighted by atomic mass is 35.5. The number of ether oxygens (including phenoxy) is 1. The Bertz CT molecular complexity index is 686. The lowest BCUT2D eigenvalue weighted by Crippen LogP contribution is -2.23. The fourth-order valence-electron chi connectivity index (χ4n) is 2.04. The van der Waals surface area contributed by atoms with Crippen LogP contribution in [0.3, 0.4) is 0 Å². The van der Waals surface area contributed by atoms with Crippen LogP contribution in [0.2, 0.25) is 10.0 Å². The number of hydrogen-bond donors (Lipinski definition) is 1. The van der Waals surface area contributed by atoms with Crippen LogP contribution in [0, 0.1) is 0 Å². The quantitative estimate of drug-likeness (QED) is 0.807. The maximum absolute atomic E-state index is 12.2. The fraction of sp³-hybridized carbons (Fsp3) is 0.278. The van der Waals surface area contributed by atoms with Crippen molar-refractivity contribution < 1.29 is 9.53 Å². The molecule has 0 saturated carbocycles. The summed E-state index contributed by atoms with van der Waals surface area (Å²) < 4.78 is 5.64. The van der Waals surface area contributed by atoms with E-state index < -0.39 is 0 Å². The number of benzene rings is 2. The van der Waals surface area contributed by atoms with Gasteiger partial charge in [0.15, 0.2) is 0 Å². The average Bonchev–Trinajstić information content (AvgIpc) is 2.53. The molecule has 0 spiro atoms. The lowest BCUT2D eigenvalue weighted by Gasteiger charge is -2.13. The van der Waals surface area contributed by atoms with Crippen LogP contribution < -0.4 is 5.32 Å². The van der Waals surface area contributed by atoms with Crippen molar-refractivity contribution >= 4 is 29.1 Å². The number of halogens is 2. The maximum atomic E-state index is 12.2. The van der Waals surface area contributed by atoms with Gasteiger partial charge in [-0.3, -0.25) is 4.79 Å². The van der Waals surface area contributed by atoms with Gasteiger partial charge in [0, 0.05) is 12.1 Å². The van der Waals surface area contributed by atoms with E-state index in [1.807, 2.05) is 38.1 Å². The Morgan fingerprint density at radius 1 is 1.09 bits per heavy atom. The molecule has 122 valence electrons. The summed E-state index contributed by atoms with van der Waals surface area (Å²) in [6, 6.07) is 12.7. The molecule has 0 unspecified atom stereocenters. The minimum absolute atomic E-state index is 0.161. The minimum Gasteiger partial charge on any atom is -0.374 e. The van der Waals surface area contributed by atoms with Crippen molar-refractivity contribution in [2.45, 2.75) is 33.1 Å². The van der Waals surface area contributed by atoms with Gasteiger partial charge in [-0.1, -0.05) is 47.5 Å². The highest BCUT2D eigenvalue weighted by Gasteiger charge is 2.09. The zero-order chi connectivity index (χ0) is 16.8. The normalized spacial score (nSPS) is 10.8. The molecule has 0 atom stereocenters. The first-order valence-corrected chi connectivity index (χ1v) is 8.14. The summed E-state index contributed by atoms with van der Waals surface area (Å²) in [4.78, 5) is 12.2. The molecular formula is C18H19Cl2NO2. The van der Waals surface area contributed by atoms with Gasteiger partial charge in [0.25, 0.3) is 5.91 Å². The SMILES string of the molecule is CC(C)OCc1ccccc1CNC(=O)c1ccc(Cl)c(Cl)c1. The summed E-state index contributed by atoms with van der Waals surface area (Å²) in [5.74, 6) is -0.192. The molecule has 2 aromatic rings. The summed E-state index contributed by atoms with van der Waals surface area (Å²) in [7, 11) is 0. The van der Waals surface area contributed by atoms with Crippen LogP contribution in [0.5, 0.6) is 0 Å². The van der Waals surface area contributed by atoms with Gasteiger partial charge in [-0.15, -0.1) is 0 Å². The van der Waals surface area contributed by atoms with Crippen molar-refractivity contribution in [1.29, 1.82) is 0 Å². The zero-order valence-corrected chi connectivity index (χ0v) is 14.6. The highest BCUT2D eigenvalue weighted by Crippen LogP contribution is 2.22. The minimum atomic E-state index is -0.192. The van der Waals surface area contributed by atoms with Gasteiger partial charge in [-0.25, -0.2) is 0 Å². The Kier molecular flexibility index (Phi) is 6.46. The molecule has 0 saturated heterocycles. The molecule has 2 aromatic carbocycles. The van der Waals surface area contributed by atoms with E-state index in [1.54, 1.807) is 18.2 Å². The van der Waals surface area contributed by atoms with E-state index in [2.05, 4.69) is 5.32 Å². The molecule has 3 nitrogen and oxygen atoms in total. The molecule has 0 aliphatic rings. The number of carbonyl (C=O) groups excluding carboxylic acids is 1. The van der Waals surface area contributed by atoms with Gasteiger partial charge >= 0.3 is 0 Å². The van der Waals surface area contributed by atoms with Crippen molar-refractivity contribution in [3.05, 3.63) is 69.2 Å². The van der Waals surface area contributed by atoms with E-state index in [9.17, 15) is 4.79 Å². The van der Waals surface area contributed by atoms with E-state index in [0.29, 0.717) is 28.8 Å². The first-order valence-electron chi connectivity index (χ1n) is 7.39. The third-order valence-electron chi connectivity index (χ3n) is 3.31. The predicted octanol–water partition coefficient (Wildman–Crippen LogP) is 4.85. The molecule has 1 N–H and O–H groups in total. The molecule has 0 aliphatic carbocycles. The number of rotatable bonds is 6. The summed E-state index contributed by atoms with van der Waals surface area (Å²) in [5, 5.41) is 3.69. The second-order valence-corrected chi connectivity index (χ2v) is 6.25. The number of carbonyl (C=O) groups is 1. The molecular weight excluding hydrogens is 333 g/mol. The number of nitrogens with one attached hydrogen (secondary N) is 1. The van der Waals surface area contributed by atoms with E-state index in [0.717, 1.165) is 11.1 Å². The van der Waals surface area contributed by atoms with E-state index in [-0.39, 0.29) is 12.0 Å².